The number of amides is 3. The highest BCUT2D eigenvalue weighted by Crippen LogP contribution is 2.42. The number of aromatic nitrogens is 1. The lowest BCUT2D eigenvalue weighted by molar-refractivity contribution is -0.132. The van der Waals surface area contributed by atoms with Crippen molar-refractivity contribution in [2.45, 2.75) is 24.9 Å². The summed E-state index contributed by atoms with van der Waals surface area (Å²) in [5.41, 5.74) is 1.32. The third kappa shape index (κ3) is 2.58. The Morgan fingerprint density at radius 3 is 2.72 bits per heavy atom. The first-order valence-corrected chi connectivity index (χ1v) is 8.78. The second-order valence-corrected chi connectivity index (χ2v) is 7.29. The summed E-state index contributed by atoms with van der Waals surface area (Å²) in [4.78, 5) is 30.7. The highest BCUT2D eigenvalue weighted by molar-refractivity contribution is 6.33. The van der Waals surface area contributed by atoms with E-state index in [0.717, 1.165) is 11.1 Å². The fourth-order valence-corrected chi connectivity index (χ4v) is 4.09. The first-order chi connectivity index (χ1) is 11.9. The van der Waals surface area contributed by atoms with Crippen molar-refractivity contribution in [3.63, 3.8) is 0 Å². The molecule has 0 radical (unpaired) electrons. The Labute approximate surface area is 158 Å². The monoisotopic (exact) mass is 395 g/mol. The molecule has 1 saturated heterocycles. The molecule has 8 heteroatoms. The lowest BCUT2D eigenvalue weighted by Crippen LogP contribution is -2.41. The van der Waals surface area contributed by atoms with Gasteiger partial charge in [0.05, 0.1) is 6.54 Å². The maximum Gasteiger partial charge on any atom is 0.325 e. The number of imide groups is 1. The molecule has 25 heavy (non-hydrogen) atoms. The van der Waals surface area contributed by atoms with E-state index in [-0.39, 0.29) is 22.8 Å². The van der Waals surface area contributed by atoms with Gasteiger partial charge in [0.15, 0.2) is 0 Å². The third-order valence-corrected chi connectivity index (χ3v) is 5.47. The van der Waals surface area contributed by atoms with E-state index < -0.39 is 11.6 Å². The van der Waals surface area contributed by atoms with Gasteiger partial charge >= 0.3 is 6.03 Å². The van der Waals surface area contributed by atoms with Crippen LogP contribution in [0.15, 0.2) is 30.3 Å². The minimum atomic E-state index is -1.02. The van der Waals surface area contributed by atoms with Gasteiger partial charge in [-0.1, -0.05) is 46.9 Å². The molecule has 1 N–H and O–H groups in total. The molecular weight excluding hydrogens is 385 g/mol. The zero-order chi connectivity index (χ0) is 17.8. The van der Waals surface area contributed by atoms with E-state index in [2.05, 4.69) is 10.3 Å². The number of benzene rings is 1. The maximum absolute atomic E-state index is 13.1. The highest BCUT2D eigenvalue weighted by Gasteiger charge is 2.55. The van der Waals surface area contributed by atoms with Gasteiger partial charge in [0.2, 0.25) is 0 Å². The average molecular weight is 397 g/mol. The Kier molecular flexibility index (Phi) is 3.90. The number of urea groups is 1. The Hall–Kier alpha value is -1.82. The van der Waals surface area contributed by atoms with E-state index in [9.17, 15) is 9.59 Å². The molecule has 1 aliphatic heterocycles. The van der Waals surface area contributed by atoms with Crippen LogP contribution in [-0.2, 0) is 23.3 Å². The van der Waals surface area contributed by atoms with Crippen molar-refractivity contribution in [1.82, 2.24) is 15.2 Å². The normalized spacial score (nSPS) is 21.8. The quantitative estimate of drug-likeness (QED) is 0.618. The molecule has 1 atom stereocenters. The van der Waals surface area contributed by atoms with Gasteiger partial charge in [-0.15, -0.1) is 0 Å². The van der Waals surface area contributed by atoms with Crippen molar-refractivity contribution in [3.8, 4) is 0 Å². The van der Waals surface area contributed by atoms with Gasteiger partial charge in [-0.25, -0.2) is 9.78 Å². The predicted molar refractivity (Wildman–Crippen MR) is 94.8 cm³/mol. The Morgan fingerprint density at radius 1 is 1.16 bits per heavy atom. The van der Waals surface area contributed by atoms with Crippen LogP contribution in [0.2, 0.25) is 15.3 Å². The summed E-state index contributed by atoms with van der Waals surface area (Å²) < 4.78 is 0. The Bertz CT molecular complexity index is 918. The molecule has 2 aliphatic rings. The minimum absolute atomic E-state index is 0.0400. The zero-order valence-corrected chi connectivity index (χ0v) is 15.1. The molecule has 0 saturated carbocycles. The summed E-state index contributed by atoms with van der Waals surface area (Å²) in [6, 6.07) is 8.17. The maximum atomic E-state index is 13.1. The van der Waals surface area contributed by atoms with Crippen LogP contribution in [0.25, 0.3) is 0 Å². The van der Waals surface area contributed by atoms with E-state index >= 15 is 0 Å². The van der Waals surface area contributed by atoms with E-state index in [1.54, 1.807) is 18.2 Å². The molecule has 1 fully saturated rings. The van der Waals surface area contributed by atoms with Gasteiger partial charge in [-0.2, -0.15) is 0 Å². The fourth-order valence-electron chi connectivity index (χ4n) is 3.49. The van der Waals surface area contributed by atoms with Gasteiger partial charge in [0.1, 0.15) is 15.8 Å². The predicted octanol–water partition coefficient (Wildman–Crippen LogP) is 3.94. The molecule has 0 bridgehead atoms. The number of rotatable bonds is 2. The molecule has 1 aromatic heterocycles. The van der Waals surface area contributed by atoms with Crippen molar-refractivity contribution in [3.05, 3.63) is 62.4 Å². The first kappa shape index (κ1) is 16.6. The molecule has 4 rings (SSSR count). The summed E-state index contributed by atoms with van der Waals surface area (Å²) >= 11 is 17.9. The van der Waals surface area contributed by atoms with Crippen LogP contribution in [0.1, 0.15) is 23.1 Å². The molecule has 2 heterocycles. The fraction of sp³-hybridized carbons (Fsp3) is 0.235. The highest BCUT2D eigenvalue weighted by atomic mass is 35.5. The van der Waals surface area contributed by atoms with Crippen molar-refractivity contribution in [1.29, 1.82) is 0 Å². The van der Waals surface area contributed by atoms with Gasteiger partial charge in [-0.3, -0.25) is 9.69 Å². The minimum Gasteiger partial charge on any atom is -0.319 e. The second kappa shape index (κ2) is 5.87. The van der Waals surface area contributed by atoms with Crippen LogP contribution < -0.4 is 5.32 Å². The van der Waals surface area contributed by atoms with E-state index in [0.29, 0.717) is 23.4 Å². The Balaban J connectivity index is 1.68. The van der Waals surface area contributed by atoms with E-state index in [4.69, 9.17) is 34.8 Å². The molecule has 2 aromatic rings. The van der Waals surface area contributed by atoms with Gasteiger partial charge in [0, 0.05) is 10.6 Å². The number of nitrogens with zero attached hydrogens (tertiary/aromatic N) is 2. The summed E-state index contributed by atoms with van der Waals surface area (Å²) in [6.07, 6.45) is 1.19. The smallest absolute Gasteiger partial charge is 0.319 e. The number of nitrogens with one attached hydrogen (secondary N) is 1. The molecule has 3 amide bonds. The van der Waals surface area contributed by atoms with Gasteiger partial charge in [-0.05, 0) is 42.2 Å². The topological polar surface area (TPSA) is 62.3 Å². The number of fused-ring (bicyclic) bond motifs is 2. The van der Waals surface area contributed by atoms with Crippen LogP contribution in [0.4, 0.5) is 4.79 Å². The van der Waals surface area contributed by atoms with Crippen LogP contribution >= 0.6 is 34.8 Å². The van der Waals surface area contributed by atoms with Crippen LogP contribution in [-0.4, -0.2) is 21.8 Å². The number of aryl methyl sites for hydroxylation is 1. The number of pyridine rings is 1. The van der Waals surface area contributed by atoms with Gasteiger partial charge < -0.3 is 5.32 Å². The standard InChI is InChI=1S/C17H12Cl3N3O2/c18-11-2-3-12-9(7-11)5-6-17(12)15(24)23(16(25)22-17)8-10-1-4-13(19)21-14(10)20/h1-4,7H,5-6,8H2,(H,22,25). The number of carbonyl (C=O) groups excluding carboxylic acids is 2. The SMILES string of the molecule is O=C1NC2(CCc3cc(Cl)ccc32)C(=O)N1Cc1ccc(Cl)nc1Cl. The molecule has 1 spiro atoms. The number of hydrogen-bond donors (Lipinski definition) is 1. The molecule has 128 valence electrons. The molecule has 5 nitrogen and oxygen atoms in total. The van der Waals surface area contributed by atoms with Crippen LogP contribution in [0.3, 0.4) is 0 Å². The molecule has 1 aliphatic carbocycles. The number of carbonyl (C=O) groups is 2. The van der Waals surface area contributed by atoms with Crippen molar-refractivity contribution < 1.29 is 9.59 Å². The summed E-state index contributed by atoms with van der Waals surface area (Å²) in [5, 5.41) is 3.90. The van der Waals surface area contributed by atoms with Gasteiger partial charge in [0.25, 0.3) is 5.91 Å². The molecule has 1 unspecified atom stereocenters. The number of hydrogen-bond acceptors (Lipinski definition) is 3. The lowest BCUT2D eigenvalue weighted by atomic mass is 9.92. The summed E-state index contributed by atoms with van der Waals surface area (Å²) in [7, 11) is 0. The lowest BCUT2D eigenvalue weighted by Gasteiger charge is -2.22. The molecular formula is C17H12Cl3N3O2. The summed E-state index contributed by atoms with van der Waals surface area (Å²) in [6.45, 7) is 0.0400. The van der Waals surface area contributed by atoms with Crippen molar-refractivity contribution >= 4 is 46.7 Å². The van der Waals surface area contributed by atoms with Crippen molar-refractivity contribution in [2.24, 2.45) is 0 Å². The second-order valence-electron chi connectivity index (χ2n) is 6.11. The zero-order valence-electron chi connectivity index (χ0n) is 12.9. The van der Waals surface area contributed by atoms with E-state index in [1.807, 2.05) is 12.1 Å². The van der Waals surface area contributed by atoms with Crippen molar-refractivity contribution in [2.75, 3.05) is 0 Å². The van der Waals surface area contributed by atoms with Crippen LogP contribution in [0.5, 0.6) is 0 Å². The largest absolute Gasteiger partial charge is 0.325 e. The third-order valence-electron chi connectivity index (χ3n) is 4.69. The number of halogens is 3. The summed E-state index contributed by atoms with van der Waals surface area (Å²) in [5.74, 6) is -0.287. The average Bonchev–Trinajstić information content (AvgIpc) is 3.03. The van der Waals surface area contributed by atoms with Crippen LogP contribution in [0, 0.1) is 0 Å². The first-order valence-electron chi connectivity index (χ1n) is 7.65. The molecule has 1 aromatic carbocycles. The van der Waals surface area contributed by atoms with E-state index in [1.165, 1.54) is 4.90 Å². The Morgan fingerprint density at radius 2 is 1.96 bits per heavy atom.